The third-order valence-corrected chi connectivity index (χ3v) is 10.4. The van der Waals surface area contributed by atoms with E-state index in [1.165, 1.54) is 6.08 Å². The Kier molecular flexibility index (Phi) is 5.22. The molecule has 6 nitrogen and oxygen atoms in total. The van der Waals surface area contributed by atoms with E-state index in [0.717, 1.165) is 12.0 Å². The fraction of sp³-hybridized carbons (Fsp3) is 0.643. The van der Waals surface area contributed by atoms with Crippen LogP contribution in [0, 0.1) is 34.0 Å². The first-order valence-electron chi connectivity index (χ1n) is 12.5. The molecule has 1 aromatic rings. The molecule has 4 aliphatic rings. The first kappa shape index (κ1) is 23.7. The van der Waals surface area contributed by atoms with Gasteiger partial charge in [0.25, 0.3) is 0 Å². The van der Waals surface area contributed by atoms with Crippen molar-refractivity contribution in [3.8, 4) is 0 Å². The third kappa shape index (κ3) is 2.85. The first-order valence-corrected chi connectivity index (χ1v) is 12.5. The van der Waals surface area contributed by atoms with Crippen LogP contribution in [0.4, 0.5) is 0 Å². The van der Waals surface area contributed by atoms with Crippen molar-refractivity contribution in [3.05, 3.63) is 42.0 Å². The Morgan fingerprint density at radius 1 is 1.00 bits per heavy atom. The smallest absolute Gasteiger partial charge is 0.331 e. The Bertz CT molecular complexity index is 1030. The van der Waals surface area contributed by atoms with Crippen LogP contribution < -0.4 is 0 Å². The molecule has 0 amide bonds. The Morgan fingerprint density at radius 2 is 1.68 bits per heavy atom. The molecular formula is C28H36O6. The fourth-order valence-corrected chi connectivity index (χ4v) is 8.12. The predicted octanol–water partition coefficient (Wildman–Crippen LogP) is 3.14. The Hall–Kier alpha value is -2.02. The summed E-state index contributed by atoms with van der Waals surface area (Å²) in [7, 11) is 0. The number of ketones is 1. The molecule has 3 unspecified atom stereocenters. The van der Waals surface area contributed by atoms with E-state index in [-0.39, 0.29) is 29.5 Å². The molecule has 1 aromatic carbocycles. The van der Waals surface area contributed by atoms with Gasteiger partial charge in [0.15, 0.2) is 5.78 Å². The van der Waals surface area contributed by atoms with E-state index in [0.29, 0.717) is 12.8 Å². The SMILES string of the molecule is CC1(C)C2CC[C@@]3(C)[C@H](O)C4[C@@H](OC(=O)/C=C/c5ccccc5)CC[C@]4(O)C(=O)[C@@]3(C)C2[C@@H]1O. The minimum atomic E-state index is -1.77. The van der Waals surface area contributed by atoms with E-state index < -0.39 is 46.6 Å². The second-order valence-corrected chi connectivity index (χ2v) is 12.0. The van der Waals surface area contributed by atoms with Gasteiger partial charge in [0, 0.05) is 22.8 Å². The van der Waals surface area contributed by atoms with Crippen LogP contribution >= 0.6 is 0 Å². The molecule has 0 saturated heterocycles. The molecule has 0 aromatic heterocycles. The summed E-state index contributed by atoms with van der Waals surface area (Å²) in [6, 6.07) is 9.38. The van der Waals surface area contributed by atoms with Gasteiger partial charge in [-0.1, -0.05) is 58.0 Å². The number of carbonyl (C=O) groups excluding carboxylic acids is 2. The lowest BCUT2D eigenvalue weighted by atomic mass is 9.32. The zero-order valence-corrected chi connectivity index (χ0v) is 20.4. The van der Waals surface area contributed by atoms with Crippen molar-refractivity contribution >= 4 is 17.8 Å². The average Bonchev–Trinajstić information content (AvgIpc) is 3.14. The van der Waals surface area contributed by atoms with Gasteiger partial charge >= 0.3 is 5.97 Å². The predicted molar refractivity (Wildman–Crippen MR) is 126 cm³/mol. The third-order valence-electron chi connectivity index (χ3n) is 10.4. The van der Waals surface area contributed by atoms with Crippen molar-refractivity contribution in [2.75, 3.05) is 0 Å². The molecule has 0 bridgehead atoms. The second kappa shape index (κ2) is 7.49. The van der Waals surface area contributed by atoms with E-state index in [2.05, 4.69) is 0 Å². The highest BCUT2D eigenvalue weighted by atomic mass is 16.5. The highest BCUT2D eigenvalue weighted by Crippen LogP contribution is 2.73. The van der Waals surface area contributed by atoms with Gasteiger partial charge in [0.2, 0.25) is 0 Å². The fourth-order valence-electron chi connectivity index (χ4n) is 8.12. The Morgan fingerprint density at radius 3 is 2.35 bits per heavy atom. The maximum atomic E-state index is 14.1. The molecule has 34 heavy (non-hydrogen) atoms. The van der Waals surface area contributed by atoms with Crippen molar-refractivity contribution < 1.29 is 29.6 Å². The number of hydrogen-bond acceptors (Lipinski definition) is 6. The van der Waals surface area contributed by atoms with Gasteiger partial charge in [-0.05, 0) is 48.7 Å². The Balaban J connectivity index is 1.43. The zero-order valence-electron chi connectivity index (χ0n) is 20.4. The maximum Gasteiger partial charge on any atom is 0.331 e. The molecule has 4 aliphatic carbocycles. The average molecular weight is 469 g/mol. The largest absolute Gasteiger partial charge is 0.459 e. The highest BCUT2D eigenvalue weighted by molar-refractivity contribution is 5.96. The van der Waals surface area contributed by atoms with Gasteiger partial charge in [0.1, 0.15) is 11.7 Å². The van der Waals surface area contributed by atoms with Crippen molar-refractivity contribution in [2.24, 2.45) is 34.0 Å². The number of rotatable bonds is 3. The quantitative estimate of drug-likeness (QED) is 0.465. The van der Waals surface area contributed by atoms with E-state index >= 15 is 0 Å². The van der Waals surface area contributed by atoms with E-state index in [4.69, 9.17) is 4.74 Å². The molecule has 3 N–H and O–H groups in total. The molecule has 5 rings (SSSR count). The molecule has 6 heteroatoms. The highest BCUT2D eigenvalue weighted by Gasteiger charge is 2.79. The van der Waals surface area contributed by atoms with Crippen LogP contribution in [-0.4, -0.2) is 51.0 Å². The number of benzene rings is 1. The normalized spacial score (nSPS) is 46.9. The summed E-state index contributed by atoms with van der Waals surface area (Å²) in [6.07, 6.45) is 2.42. The number of esters is 1. The molecule has 9 atom stereocenters. The van der Waals surface area contributed by atoms with Gasteiger partial charge in [0.05, 0.1) is 18.1 Å². The van der Waals surface area contributed by atoms with Crippen molar-refractivity contribution in [2.45, 2.75) is 77.3 Å². The van der Waals surface area contributed by atoms with Crippen LogP contribution in [0.1, 0.15) is 58.9 Å². The summed E-state index contributed by atoms with van der Waals surface area (Å²) < 4.78 is 5.71. The minimum Gasteiger partial charge on any atom is -0.459 e. The van der Waals surface area contributed by atoms with Crippen molar-refractivity contribution in [3.63, 3.8) is 0 Å². The second-order valence-electron chi connectivity index (χ2n) is 12.0. The van der Waals surface area contributed by atoms with Crippen molar-refractivity contribution in [1.82, 2.24) is 0 Å². The maximum absolute atomic E-state index is 14.1. The number of carbonyl (C=O) groups is 2. The van der Waals surface area contributed by atoms with Gasteiger partial charge in [-0.25, -0.2) is 4.79 Å². The first-order chi connectivity index (χ1) is 15.9. The molecule has 0 aliphatic heterocycles. The molecule has 0 spiro atoms. The number of hydrogen-bond donors (Lipinski definition) is 3. The Labute approximate surface area is 201 Å². The summed E-state index contributed by atoms with van der Waals surface area (Å²) in [6.45, 7) is 7.81. The van der Waals surface area contributed by atoms with Gasteiger partial charge < -0.3 is 20.1 Å². The molecule has 0 heterocycles. The summed E-state index contributed by atoms with van der Waals surface area (Å²) in [4.78, 5) is 26.7. The lowest BCUT2D eigenvalue weighted by molar-refractivity contribution is -0.294. The number of aliphatic hydroxyl groups excluding tert-OH is 2. The summed E-state index contributed by atoms with van der Waals surface area (Å²) >= 11 is 0. The van der Waals surface area contributed by atoms with Gasteiger partial charge in [-0.15, -0.1) is 0 Å². The minimum absolute atomic E-state index is 0.135. The number of ether oxygens (including phenoxy) is 1. The molecule has 0 radical (unpaired) electrons. The van der Waals surface area contributed by atoms with Crippen LogP contribution in [0.2, 0.25) is 0 Å². The monoisotopic (exact) mass is 468 g/mol. The van der Waals surface area contributed by atoms with Crippen LogP contribution in [0.3, 0.4) is 0 Å². The standard InChI is InChI=1S/C28H36O6/c1-25(2)17-12-14-26(3)23(31)21-18(34-19(29)11-10-16-8-6-5-7-9-16)13-15-28(21,33)24(32)27(26,4)20(17)22(25)30/h5-11,17-18,20-23,30-31,33H,12-15H2,1-4H3/b11-10+/t17?,18-,20?,21?,22-,23+,26-,27+,28+/m0/s1. The number of aliphatic hydroxyl groups is 3. The number of fused-ring (bicyclic) bond motifs is 4. The van der Waals surface area contributed by atoms with Crippen LogP contribution in [0.15, 0.2) is 36.4 Å². The molecule has 4 saturated carbocycles. The van der Waals surface area contributed by atoms with Gasteiger partial charge in [-0.3, -0.25) is 4.79 Å². The molecule has 184 valence electrons. The van der Waals surface area contributed by atoms with E-state index in [9.17, 15) is 24.9 Å². The molecule has 4 fully saturated rings. The molecular weight excluding hydrogens is 432 g/mol. The lowest BCUT2D eigenvalue weighted by Crippen LogP contribution is -2.78. The van der Waals surface area contributed by atoms with Crippen molar-refractivity contribution in [1.29, 1.82) is 0 Å². The van der Waals surface area contributed by atoms with E-state index in [1.54, 1.807) is 6.08 Å². The summed E-state index contributed by atoms with van der Waals surface area (Å²) in [5.41, 5.74) is -3.09. The topological polar surface area (TPSA) is 104 Å². The van der Waals surface area contributed by atoms with Crippen LogP contribution in [0.25, 0.3) is 6.08 Å². The van der Waals surface area contributed by atoms with E-state index in [1.807, 2.05) is 58.0 Å². The number of Topliss-reactive ketones (excluding diaryl/α,β-unsaturated/α-hetero) is 1. The summed E-state index contributed by atoms with van der Waals surface area (Å²) in [5.74, 6) is -1.88. The lowest BCUT2D eigenvalue weighted by Gasteiger charge is -2.72. The zero-order chi connectivity index (χ0) is 24.7. The van der Waals surface area contributed by atoms with Crippen LogP contribution in [0.5, 0.6) is 0 Å². The van der Waals surface area contributed by atoms with Crippen LogP contribution in [-0.2, 0) is 14.3 Å². The van der Waals surface area contributed by atoms with Gasteiger partial charge in [-0.2, -0.15) is 0 Å². The summed E-state index contributed by atoms with van der Waals surface area (Å²) in [5, 5.41) is 34.5.